The van der Waals surface area contributed by atoms with E-state index in [-0.39, 0.29) is 30.5 Å². The van der Waals surface area contributed by atoms with E-state index in [1.807, 2.05) is 6.07 Å². The lowest BCUT2D eigenvalue weighted by atomic mass is 10.0. The summed E-state index contributed by atoms with van der Waals surface area (Å²) in [5.74, 6) is -0.827. The third-order valence-corrected chi connectivity index (χ3v) is 6.72. The van der Waals surface area contributed by atoms with Gasteiger partial charge in [-0.2, -0.15) is 0 Å². The number of fused-ring (bicyclic) bond motifs is 1. The van der Waals surface area contributed by atoms with Gasteiger partial charge in [0, 0.05) is 58.0 Å². The molecule has 4 rings (SSSR count). The second-order valence-electron chi connectivity index (χ2n) is 9.22. The van der Waals surface area contributed by atoms with Gasteiger partial charge in [0.05, 0.1) is 34.6 Å². The maximum atomic E-state index is 13.3. The van der Waals surface area contributed by atoms with Crippen LogP contribution < -0.4 is 21.1 Å². The van der Waals surface area contributed by atoms with Gasteiger partial charge in [-0.15, -0.1) is 0 Å². The van der Waals surface area contributed by atoms with Crippen LogP contribution >= 0.6 is 0 Å². The second-order valence-corrected chi connectivity index (χ2v) is 9.22. The molecule has 3 aromatic rings. The topological polar surface area (TPSA) is 160 Å². The van der Waals surface area contributed by atoms with Gasteiger partial charge in [-0.1, -0.05) is 12.1 Å². The number of benzene rings is 2. The van der Waals surface area contributed by atoms with Crippen molar-refractivity contribution < 1.29 is 19.3 Å². The third kappa shape index (κ3) is 6.37. The van der Waals surface area contributed by atoms with E-state index in [1.165, 1.54) is 42.2 Å². The first-order chi connectivity index (χ1) is 18.7. The van der Waals surface area contributed by atoms with Gasteiger partial charge in [-0.25, -0.2) is 4.98 Å². The summed E-state index contributed by atoms with van der Waals surface area (Å²) in [7, 11) is 1.47. The number of rotatable bonds is 8. The summed E-state index contributed by atoms with van der Waals surface area (Å²) >= 11 is 0. The highest BCUT2D eigenvalue weighted by atomic mass is 16.6. The number of non-ortho nitro benzene ring substituents is 1. The van der Waals surface area contributed by atoms with E-state index < -0.39 is 22.4 Å². The number of amides is 3. The van der Waals surface area contributed by atoms with Crippen LogP contribution in [0.5, 0.6) is 0 Å². The highest BCUT2D eigenvalue weighted by molar-refractivity contribution is 5.83. The number of carbonyl (C=O) groups is 3. The molecule has 1 saturated heterocycles. The van der Waals surface area contributed by atoms with E-state index in [2.05, 4.69) is 20.5 Å². The van der Waals surface area contributed by atoms with Crippen LogP contribution in [0, 0.1) is 10.1 Å². The molecule has 0 spiro atoms. The molecule has 0 aliphatic carbocycles. The molecule has 13 nitrogen and oxygen atoms in total. The van der Waals surface area contributed by atoms with E-state index in [9.17, 15) is 29.3 Å². The van der Waals surface area contributed by atoms with Gasteiger partial charge in [0.2, 0.25) is 17.7 Å². The van der Waals surface area contributed by atoms with Crippen molar-refractivity contribution in [2.45, 2.75) is 25.9 Å². The average molecular weight is 536 g/mol. The zero-order valence-electron chi connectivity index (χ0n) is 21.6. The molecule has 1 atom stereocenters. The fourth-order valence-corrected chi connectivity index (χ4v) is 4.50. The van der Waals surface area contributed by atoms with E-state index in [1.54, 1.807) is 24.0 Å². The highest BCUT2D eigenvalue weighted by Gasteiger charge is 2.21. The quantitative estimate of drug-likeness (QED) is 0.319. The highest BCUT2D eigenvalue weighted by Crippen LogP contribution is 2.22. The summed E-state index contributed by atoms with van der Waals surface area (Å²) in [6, 6.07) is 10.2. The van der Waals surface area contributed by atoms with Crippen LogP contribution in [0.4, 0.5) is 11.4 Å². The number of nitrogens with zero attached hydrogens (tertiary/aromatic N) is 5. The van der Waals surface area contributed by atoms with Gasteiger partial charge in [-0.05, 0) is 23.8 Å². The number of nitro benzene ring substituents is 1. The molecule has 3 amide bonds. The fourth-order valence-electron chi connectivity index (χ4n) is 4.50. The van der Waals surface area contributed by atoms with Gasteiger partial charge in [0.15, 0.2) is 0 Å². The minimum absolute atomic E-state index is 0.0321. The van der Waals surface area contributed by atoms with Crippen molar-refractivity contribution >= 4 is 40.0 Å². The molecule has 204 valence electrons. The monoisotopic (exact) mass is 535 g/mol. The smallest absolute Gasteiger partial charge is 0.269 e. The van der Waals surface area contributed by atoms with Crippen LogP contribution in [0.2, 0.25) is 0 Å². The predicted octanol–water partition coefficient (Wildman–Crippen LogP) is 0.967. The number of piperazine rings is 1. The molecule has 1 aliphatic rings. The summed E-state index contributed by atoms with van der Waals surface area (Å²) in [4.78, 5) is 68.5. The van der Waals surface area contributed by atoms with Gasteiger partial charge < -0.3 is 20.4 Å². The van der Waals surface area contributed by atoms with Crippen LogP contribution in [0.3, 0.4) is 0 Å². The van der Waals surface area contributed by atoms with Gasteiger partial charge in [0.1, 0.15) is 6.54 Å². The summed E-state index contributed by atoms with van der Waals surface area (Å²) in [5.41, 5.74) is 1.33. The molecule has 39 heavy (non-hydrogen) atoms. The number of nitro groups is 1. The molecule has 13 heteroatoms. The Morgan fingerprint density at radius 3 is 2.36 bits per heavy atom. The molecule has 0 radical (unpaired) electrons. The van der Waals surface area contributed by atoms with E-state index in [0.717, 1.165) is 5.69 Å². The van der Waals surface area contributed by atoms with Crippen LogP contribution in [0.15, 0.2) is 53.6 Å². The van der Waals surface area contributed by atoms with E-state index in [4.69, 9.17) is 0 Å². The molecule has 0 bridgehead atoms. The normalized spacial score (nSPS) is 14.1. The Morgan fingerprint density at radius 2 is 1.74 bits per heavy atom. The van der Waals surface area contributed by atoms with Gasteiger partial charge >= 0.3 is 0 Å². The number of anilines is 1. The maximum absolute atomic E-state index is 13.3. The summed E-state index contributed by atoms with van der Waals surface area (Å²) < 4.78 is 1.20. The second kappa shape index (κ2) is 11.7. The number of nitrogens with one attached hydrogen (secondary N) is 2. The lowest BCUT2D eigenvalue weighted by Gasteiger charge is -2.35. The predicted molar refractivity (Wildman–Crippen MR) is 143 cm³/mol. The Morgan fingerprint density at radius 1 is 1.05 bits per heavy atom. The van der Waals surface area contributed by atoms with Crippen molar-refractivity contribution in [3.63, 3.8) is 0 Å². The number of hydrogen-bond acceptors (Lipinski definition) is 8. The Bertz CT molecular complexity index is 1460. The molecule has 1 aliphatic heterocycles. The first kappa shape index (κ1) is 27.2. The van der Waals surface area contributed by atoms with Crippen molar-refractivity contribution in [2.75, 3.05) is 38.1 Å². The first-order valence-electron chi connectivity index (χ1n) is 12.4. The van der Waals surface area contributed by atoms with Gasteiger partial charge in [-0.3, -0.25) is 33.9 Å². The first-order valence-corrected chi connectivity index (χ1v) is 12.4. The standard InChI is InChI=1S/C26H29N7O6/c1-17(34)30-9-11-31(12-10-30)20-7-8-22-21(13-20)26(37)32(16-28-22)15-25(36)29-23(14-24(35)27-2)18-3-5-19(6-4-18)33(38)39/h3-8,13,16,23H,9-12,14-15H2,1-2H3,(H,27,35)(H,29,36)/t23-/m1/s1. The summed E-state index contributed by atoms with van der Waals surface area (Å²) in [5, 5.41) is 16.6. The van der Waals surface area contributed by atoms with Crippen molar-refractivity contribution in [3.8, 4) is 0 Å². The lowest BCUT2D eigenvalue weighted by molar-refractivity contribution is -0.384. The van der Waals surface area contributed by atoms with Crippen molar-refractivity contribution in [1.29, 1.82) is 0 Å². The van der Waals surface area contributed by atoms with Crippen molar-refractivity contribution in [1.82, 2.24) is 25.1 Å². The average Bonchev–Trinajstić information content (AvgIpc) is 2.94. The van der Waals surface area contributed by atoms with Crippen molar-refractivity contribution in [2.24, 2.45) is 0 Å². The Balaban J connectivity index is 1.52. The molecule has 0 unspecified atom stereocenters. The minimum Gasteiger partial charge on any atom is -0.368 e. The molecule has 0 saturated carbocycles. The third-order valence-electron chi connectivity index (χ3n) is 6.72. The maximum Gasteiger partial charge on any atom is 0.269 e. The number of aromatic nitrogens is 2. The summed E-state index contributed by atoms with van der Waals surface area (Å²) in [6.45, 7) is 3.67. The van der Waals surface area contributed by atoms with Crippen LogP contribution in [-0.2, 0) is 20.9 Å². The van der Waals surface area contributed by atoms with Crippen molar-refractivity contribution in [3.05, 3.63) is 74.8 Å². The van der Waals surface area contributed by atoms with Gasteiger partial charge in [0.25, 0.3) is 11.2 Å². The molecule has 2 N–H and O–H groups in total. The Kier molecular flexibility index (Phi) is 8.18. The fraction of sp³-hybridized carbons (Fsp3) is 0.346. The Hall–Kier alpha value is -4.81. The Labute approximate surface area is 223 Å². The molecule has 1 fully saturated rings. The molecular formula is C26H29N7O6. The van der Waals surface area contributed by atoms with E-state index in [0.29, 0.717) is 42.6 Å². The zero-order valence-corrected chi connectivity index (χ0v) is 21.6. The molecule has 2 heterocycles. The van der Waals surface area contributed by atoms with Crippen LogP contribution in [0.1, 0.15) is 24.9 Å². The number of hydrogen-bond donors (Lipinski definition) is 2. The molecular weight excluding hydrogens is 506 g/mol. The zero-order chi connectivity index (χ0) is 28.1. The SMILES string of the molecule is CNC(=O)C[C@@H](NC(=O)Cn1cnc2ccc(N3CCN(C(C)=O)CC3)cc2c1=O)c1ccc([N+](=O)[O-])cc1. The number of carbonyl (C=O) groups excluding carboxylic acids is 3. The minimum atomic E-state index is -0.761. The lowest BCUT2D eigenvalue weighted by Crippen LogP contribution is -2.48. The van der Waals surface area contributed by atoms with E-state index >= 15 is 0 Å². The largest absolute Gasteiger partial charge is 0.368 e. The molecule has 1 aromatic heterocycles. The summed E-state index contributed by atoms with van der Waals surface area (Å²) in [6.07, 6.45) is 1.21. The molecule has 2 aromatic carbocycles. The van der Waals surface area contributed by atoms with Crippen LogP contribution in [0.25, 0.3) is 10.9 Å². The van der Waals surface area contributed by atoms with Crippen LogP contribution in [-0.4, -0.2) is 70.3 Å².